The number of guanidine groups is 1. The maximum Gasteiger partial charge on any atom is 0.261 e. The van der Waals surface area contributed by atoms with Crippen molar-refractivity contribution in [1.82, 2.24) is 15.5 Å². The van der Waals surface area contributed by atoms with Gasteiger partial charge in [0.1, 0.15) is 0 Å². The number of nitrogens with one attached hydrogen (secondary N) is 2. The van der Waals surface area contributed by atoms with Crippen molar-refractivity contribution in [2.24, 2.45) is 4.99 Å². The molecule has 0 aromatic heterocycles. The van der Waals surface area contributed by atoms with Gasteiger partial charge < -0.3 is 10.6 Å². The molecule has 0 atom stereocenters. The van der Waals surface area contributed by atoms with E-state index >= 15 is 0 Å². The number of fused-ring (bicyclic) bond motifs is 1. The quantitative estimate of drug-likeness (QED) is 0.489. The zero-order chi connectivity index (χ0) is 15.4. The van der Waals surface area contributed by atoms with Gasteiger partial charge in [0.05, 0.1) is 11.1 Å². The molecule has 0 bridgehead atoms. The van der Waals surface area contributed by atoms with E-state index in [1.54, 1.807) is 31.3 Å². The third kappa shape index (κ3) is 3.21. The summed E-state index contributed by atoms with van der Waals surface area (Å²) in [5.41, 5.74) is 0.958. The molecule has 1 aromatic carbocycles. The standard InChI is InChI=1S/C15H20N4O2/c1-10(2)18-15(16-3)17-8-9-19-13(20)11-6-4-5-7-12(11)14(19)21/h4-7,10H,8-9H2,1-3H3,(H2,16,17,18). The average Bonchev–Trinajstić information content (AvgIpc) is 2.71. The summed E-state index contributed by atoms with van der Waals surface area (Å²) in [4.78, 5) is 29.7. The molecule has 6 heteroatoms. The molecule has 0 fully saturated rings. The van der Waals surface area contributed by atoms with Crippen LogP contribution in [0.15, 0.2) is 29.3 Å². The molecule has 6 nitrogen and oxygen atoms in total. The Morgan fingerprint density at radius 2 is 1.76 bits per heavy atom. The van der Waals surface area contributed by atoms with Crippen LogP contribution in [0.2, 0.25) is 0 Å². The van der Waals surface area contributed by atoms with Crippen LogP contribution < -0.4 is 10.6 Å². The molecule has 21 heavy (non-hydrogen) atoms. The summed E-state index contributed by atoms with van der Waals surface area (Å²) >= 11 is 0. The first-order chi connectivity index (χ1) is 10.0. The maximum atomic E-state index is 12.2. The van der Waals surface area contributed by atoms with E-state index in [-0.39, 0.29) is 17.9 Å². The molecular formula is C15H20N4O2. The van der Waals surface area contributed by atoms with Crippen molar-refractivity contribution in [2.75, 3.05) is 20.1 Å². The van der Waals surface area contributed by atoms with Crippen molar-refractivity contribution < 1.29 is 9.59 Å². The lowest BCUT2D eigenvalue weighted by molar-refractivity contribution is 0.0657. The van der Waals surface area contributed by atoms with Crippen molar-refractivity contribution >= 4 is 17.8 Å². The summed E-state index contributed by atoms with van der Waals surface area (Å²) in [5, 5.41) is 6.23. The van der Waals surface area contributed by atoms with Gasteiger partial charge >= 0.3 is 0 Å². The van der Waals surface area contributed by atoms with Crippen LogP contribution in [-0.4, -0.2) is 48.9 Å². The average molecular weight is 288 g/mol. The fourth-order valence-electron chi connectivity index (χ4n) is 2.20. The molecule has 112 valence electrons. The van der Waals surface area contributed by atoms with Crippen molar-refractivity contribution in [3.8, 4) is 0 Å². The van der Waals surface area contributed by atoms with Gasteiger partial charge in [0, 0.05) is 26.2 Å². The number of imide groups is 1. The molecule has 0 aliphatic carbocycles. The second-order valence-corrected chi connectivity index (χ2v) is 5.11. The number of hydrogen-bond donors (Lipinski definition) is 2. The molecule has 1 aliphatic rings. The van der Waals surface area contributed by atoms with E-state index in [9.17, 15) is 9.59 Å². The highest BCUT2D eigenvalue weighted by molar-refractivity contribution is 6.21. The minimum atomic E-state index is -0.232. The van der Waals surface area contributed by atoms with Gasteiger partial charge in [0.25, 0.3) is 11.8 Å². The van der Waals surface area contributed by atoms with Crippen molar-refractivity contribution in [1.29, 1.82) is 0 Å². The van der Waals surface area contributed by atoms with Crippen LogP contribution in [0.5, 0.6) is 0 Å². The summed E-state index contributed by atoms with van der Waals surface area (Å²) < 4.78 is 0. The topological polar surface area (TPSA) is 73.8 Å². The highest BCUT2D eigenvalue weighted by atomic mass is 16.2. The number of carbonyl (C=O) groups excluding carboxylic acids is 2. The smallest absolute Gasteiger partial charge is 0.261 e. The van der Waals surface area contributed by atoms with Gasteiger partial charge in [-0.2, -0.15) is 0 Å². The second-order valence-electron chi connectivity index (χ2n) is 5.11. The molecule has 2 amide bonds. The van der Waals surface area contributed by atoms with Crippen LogP contribution in [0.4, 0.5) is 0 Å². The van der Waals surface area contributed by atoms with Gasteiger partial charge in [-0.1, -0.05) is 12.1 Å². The molecule has 0 spiro atoms. The fraction of sp³-hybridized carbons (Fsp3) is 0.400. The maximum absolute atomic E-state index is 12.2. The summed E-state index contributed by atoms with van der Waals surface area (Å²) in [6.07, 6.45) is 0. The number of nitrogens with zero attached hydrogens (tertiary/aromatic N) is 2. The van der Waals surface area contributed by atoms with Gasteiger partial charge in [0.2, 0.25) is 0 Å². The van der Waals surface area contributed by atoms with Crippen LogP contribution in [0.25, 0.3) is 0 Å². The van der Waals surface area contributed by atoms with Crippen molar-refractivity contribution in [2.45, 2.75) is 19.9 Å². The normalized spacial score (nSPS) is 14.7. The second kappa shape index (κ2) is 6.39. The lowest BCUT2D eigenvalue weighted by atomic mass is 10.1. The molecule has 2 N–H and O–H groups in total. The van der Waals surface area contributed by atoms with E-state index in [0.29, 0.717) is 30.2 Å². The predicted octanol–water partition coefficient (Wildman–Crippen LogP) is 0.856. The van der Waals surface area contributed by atoms with Crippen LogP contribution >= 0.6 is 0 Å². The molecule has 1 heterocycles. The van der Waals surface area contributed by atoms with Gasteiger partial charge in [0.15, 0.2) is 5.96 Å². The van der Waals surface area contributed by atoms with Crippen LogP contribution in [-0.2, 0) is 0 Å². The summed E-state index contributed by atoms with van der Waals surface area (Å²) in [5.74, 6) is 0.190. The van der Waals surface area contributed by atoms with Crippen LogP contribution in [0.3, 0.4) is 0 Å². The van der Waals surface area contributed by atoms with E-state index in [4.69, 9.17) is 0 Å². The van der Waals surface area contributed by atoms with Crippen LogP contribution in [0.1, 0.15) is 34.6 Å². The van der Waals surface area contributed by atoms with Crippen molar-refractivity contribution in [3.05, 3.63) is 35.4 Å². The summed E-state index contributed by atoms with van der Waals surface area (Å²) in [6, 6.07) is 7.15. The lowest BCUT2D eigenvalue weighted by Crippen LogP contribution is -2.44. The van der Waals surface area contributed by atoms with E-state index < -0.39 is 0 Å². The van der Waals surface area contributed by atoms with E-state index in [2.05, 4.69) is 15.6 Å². The Bertz CT molecular complexity index is 546. The molecule has 1 aromatic rings. The zero-order valence-electron chi connectivity index (χ0n) is 12.5. The minimum absolute atomic E-state index is 0.232. The molecule has 1 aliphatic heterocycles. The molecule has 0 radical (unpaired) electrons. The van der Waals surface area contributed by atoms with E-state index in [1.807, 2.05) is 13.8 Å². The largest absolute Gasteiger partial charge is 0.355 e. The predicted molar refractivity (Wildman–Crippen MR) is 81.4 cm³/mol. The van der Waals surface area contributed by atoms with Crippen LogP contribution in [0, 0.1) is 0 Å². The Morgan fingerprint density at radius 3 is 2.24 bits per heavy atom. The van der Waals surface area contributed by atoms with Gasteiger partial charge in [-0.25, -0.2) is 0 Å². The molecule has 0 saturated carbocycles. The first-order valence-corrected chi connectivity index (χ1v) is 6.97. The van der Waals surface area contributed by atoms with Crippen molar-refractivity contribution in [3.63, 3.8) is 0 Å². The molecule has 0 unspecified atom stereocenters. The SMILES string of the molecule is CN=C(NCCN1C(=O)c2ccccc2C1=O)NC(C)C. The highest BCUT2D eigenvalue weighted by Crippen LogP contribution is 2.21. The van der Waals surface area contributed by atoms with E-state index in [0.717, 1.165) is 0 Å². The zero-order valence-corrected chi connectivity index (χ0v) is 12.5. The van der Waals surface area contributed by atoms with Gasteiger partial charge in [-0.3, -0.25) is 19.5 Å². The number of amides is 2. The highest BCUT2D eigenvalue weighted by Gasteiger charge is 2.34. The first kappa shape index (κ1) is 15.0. The number of carbonyl (C=O) groups is 2. The Balaban J connectivity index is 1.94. The van der Waals surface area contributed by atoms with E-state index in [1.165, 1.54) is 4.90 Å². The number of benzene rings is 1. The summed E-state index contributed by atoms with van der Waals surface area (Å²) in [6.45, 7) is 4.79. The first-order valence-electron chi connectivity index (χ1n) is 6.97. The Kier molecular flexibility index (Phi) is 4.57. The Labute approximate surface area is 124 Å². The summed E-state index contributed by atoms with van der Waals surface area (Å²) in [7, 11) is 1.68. The molecule has 2 rings (SSSR count). The number of aliphatic imine (C=N–C) groups is 1. The Morgan fingerprint density at radius 1 is 1.19 bits per heavy atom. The third-order valence-corrected chi connectivity index (χ3v) is 3.16. The van der Waals surface area contributed by atoms with Gasteiger partial charge in [-0.05, 0) is 26.0 Å². The number of hydrogen-bond acceptors (Lipinski definition) is 3. The Hall–Kier alpha value is -2.37. The molecule has 0 saturated heterocycles. The third-order valence-electron chi connectivity index (χ3n) is 3.16. The number of rotatable bonds is 4. The minimum Gasteiger partial charge on any atom is -0.355 e. The fourth-order valence-corrected chi connectivity index (χ4v) is 2.20. The monoisotopic (exact) mass is 288 g/mol. The molecular weight excluding hydrogens is 268 g/mol. The lowest BCUT2D eigenvalue weighted by Gasteiger charge is -2.17. The van der Waals surface area contributed by atoms with Gasteiger partial charge in [-0.15, -0.1) is 0 Å².